The average Bonchev–Trinajstić information content (AvgIpc) is 3.47. The Bertz CT molecular complexity index is 1170. The second kappa shape index (κ2) is 11.1. The number of benzene rings is 2. The molecule has 0 N–H and O–H groups in total. The zero-order chi connectivity index (χ0) is 22.8. The SMILES string of the molecule is Cc1c(Cl)ccc2sc(N(CCCN3CCOCC3)C(=O)Cc3ccc4c(c3)OCO4)nc12.Cl. The number of thiazole rings is 1. The second-order valence-electron chi connectivity index (χ2n) is 8.23. The highest BCUT2D eigenvalue weighted by atomic mass is 35.5. The summed E-state index contributed by atoms with van der Waals surface area (Å²) in [6.07, 6.45) is 1.13. The molecule has 1 fully saturated rings. The molecule has 0 unspecified atom stereocenters. The summed E-state index contributed by atoms with van der Waals surface area (Å²) in [7, 11) is 0. The van der Waals surface area contributed by atoms with E-state index in [4.69, 9.17) is 30.8 Å². The lowest BCUT2D eigenvalue weighted by Crippen LogP contribution is -2.39. The molecule has 5 rings (SSSR count). The summed E-state index contributed by atoms with van der Waals surface area (Å²) in [4.78, 5) is 22.5. The zero-order valence-electron chi connectivity index (χ0n) is 18.9. The van der Waals surface area contributed by atoms with Crippen LogP contribution in [0.4, 0.5) is 5.13 Å². The van der Waals surface area contributed by atoms with Crippen molar-refractivity contribution in [3.63, 3.8) is 0 Å². The molecular weight excluding hydrogens is 497 g/mol. The lowest BCUT2D eigenvalue weighted by atomic mass is 10.1. The number of ether oxygens (including phenoxy) is 3. The van der Waals surface area contributed by atoms with Crippen molar-refractivity contribution in [2.75, 3.05) is 51.1 Å². The molecule has 34 heavy (non-hydrogen) atoms. The number of amides is 1. The number of hydrogen-bond donors (Lipinski definition) is 0. The Morgan fingerprint density at radius 2 is 1.97 bits per heavy atom. The van der Waals surface area contributed by atoms with Crippen molar-refractivity contribution in [2.45, 2.75) is 19.8 Å². The van der Waals surface area contributed by atoms with E-state index in [0.717, 1.165) is 60.6 Å². The monoisotopic (exact) mass is 523 g/mol. The van der Waals surface area contributed by atoms with Crippen LogP contribution in [-0.2, 0) is 16.0 Å². The molecule has 0 saturated carbocycles. The van der Waals surface area contributed by atoms with Crippen molar-refractivity contribution in [3.8, 4) is 11.5 Å². The Morgan fingerprint density at radius 3 is 2.79 bits per heavy atom. The van der Waals surface area contributed by atoms with Crippen LogP contribution < -0.4 is 14.4 Å². The fourth-order valence-corrected chi connectivity index (χ4v) is 5.35. The Hall–Kier alpha value is -2.10. The average molecular weight is 524 g/mol. The number of morpholine rings is 1. The predicted octanol–water partition coefficient (Wildman–Crippen LogP) is 4.71. The number of aromatic nitrogens is 1. The van der Waals surface area contributed by atoms with Gasteiger partial charge in [0.2, 0.25) is 12.7 Å². The number of rotatable bonds is 7. The van der Waals surface area contributed by atoms with Crippen LogP contribution in [0.1, 0.15) is 17.5 Å². The molecule has 3 heterocycles. The van der Waals surface area contributed by atoms with Gasteiger partial charge in [-0.25, -0.2) is 4.98 Å². The van der Waals surface area contributed by atoms with Crippen LogP contribution >= 0.6 is 35.3 Å². The molecule has 7 nitrogen and oxygen atoms in total. The van der Waals surface area contributed by atoms with Gasteiger partial charge in [-0.05, 0) is 48.7 Å². The van der Waals surface area contributed by atoms with Crippen molar-refractivity contribution in [1.82, 2.24) is 9.88 Å². The molecule has 1 aromatic heterocycles. The van der Waals surface area contributed by atoms with E-state index in [2.05, 4.69) is 4.90 Å². The summed E-state index contributed by atoms with van der Waals surface area (Å²) in [5.74, 6) is 1.41. The molecule has 0 bridgehead atoms. The third-order valence-electron chi connectivity index (χ3n) is 6.02. The van der Waals surface area contributed by atoms with Crippen LogP contribution in [0.5, 0.6) is 11.5 Å². The van der Waals surface area contributed by atoms with Gasteiger partial charge in [0.1, 0.15) is 0 Å². The molecule has 10 heteroatoms. The molecule has 182 valence electrons. The number of carbonyl (C=O) groups excluding carboxylic acids is 1. The Labute approximate surface area is 214 Å². The van der Waals surface area contributed by atoms with Crippen LogP contribution in [0.2, 0.25) is 5.02 Å². The minimum absolute atomic E-state index is 0. The molecular formula is C24H27Cl2N3O4S. The number of carbonyl (C=O) groups is 1. The van der Waals surface area contributed by atoms with E-state index >= 15 is 0 Å². The fourth-order valence-electron chi connectivity index (χ4n) is 4.13. The van der Waals surface area contributed by atoms with Crippen molar-refractivity contribution in [2.24, 2.45) is 0 Å². The van der Waals surface area contributed by atoms with Crippen molar-refractivity contribution in [3.05, 3.63) is 46.5 Å². The van der Waals surface area contributed by atoms with Crippen LogP contribution in [0.15, 0.2) is 30.3 Å². The third-order valence-corrected chi connectivity index (χ3v) is 7.47. The second-order valence-corrected chi connectivity index (χ2v) is 9.65. The first-order valence-corrected chi connectivity index (χ1v) is 12.3. The van der Waals surface area contributed by atoms with Crippen LogP contribution in [0.3, 0.4) is 0 Å². The number of halogens is 2. The topological polar surface area (TPSA) is 64.1 Å². The van der Waals surface area contributed by atoms with Crippen molar-refractivity contribution >= 4 is 56.6 Å². The third kappa shape index (κ3) is 5.42. The maximum atomic E-state index is 13.5. The number of fused-ring (bicyclic) bond motifs is 2. The molecule has 0 spiro atoms. The normalized spacial score (nSPS) is 15.4. The highest BCUT2D eigenvalue weighted by Crippen LogP contribution is 2.35. The molecule has 2 aliphatic rings. The lowest BCUT2D eigenvalue weighted by Gasteiger charge is -2.27. The van der Waals surface area contributed by atoms with Gasteiger partial charge in [-0.15, -0.1) is 12.4 Å². The maximum Gasteiger partial charge on any atom is 0.233 e. The van der Waals surface area contributed by atoms with Gasteiger partial charge in [0, 0.05) is 31.2 Å². The largest absolute Gasteiger partial charge is 0.454 e. The summed E-state index contributed by atoms with van der Waals surface area (Å²) in [5.41, 5.74) is 2.69. The summed E-state index contributed by atoms with van der Waals surface area (Å²) in [6, 6.07) is 9.52. The fraction of sp³-hybridized carbons (Fsp3) is 0.417. The standard InChI is InChI=1S/C24H26ClN3O4S.ClH/c1-16-18(25)4-6-21-23(16)26-24(33-21)28(8-2-7-27-9-11-30-12-10-27)22(29)14-17-3-5-19-20(13-17)32-15-31-19;/h3-6,13H,2,7-12,14-15H2,1H3;1H. The smallest absolute Gasteiger partial charge is 0.233 e. The van der Waals surface area contributed by atoms with Gasteiger partial charge in [0.25, 0.3) is 0 Å². The van der Waals surface area contributed by atoms with E-state index in [1.165, 1.54) is 11.3 Å². The summed E-state index contributed by atoms with van der Waals surface area (Å²) in [6.45, 7) is 7.11. The molecule has 0 atom stereocenters. The highest BCUT2D eigenvalue weighted by molar-refractivity contribution is 7.22. The molecule has 0 radical (unpaired) electrons. The van der Waals surface area contributed by atoms with Gasteiger partial charge in [0.05, 0.1) is 29.9 Å². The molecule has 2 aliphatic heterocycles. The van der Waals surface area contributed by atoms with E-state index in [0.29, 0.717) is 28.2 Å². The summed E-state index contributed by atoms with van der Waals surface area (Å²) in [5, 5.41) is 1.40. The molecule has 3 aromatic rings. The van der Waals surface area contributed by atoms with Crippen LogP contribution in [0.25, 0.3) is 10.2 Å². The zero-order valence-corrected chi connectivity index (χ0v) is 21.3. The number of hydrogen-bond acceptors (Lipinski definition) is 7. The summed E-state index contributed by atoms with van der Waals surface area (Å²) < 4.78 is 17.3. The molecule has 1 amide bonds. The quantitative estimate of drug-likeness (QED) is 0.446. The Balaban J connectivity index is 0.00000274. The van der Waals surface area contributed by atoms with Crippen molar-refractivity contribution in [1.29, 1.82) is 0 Å². The van der Waals surface area contributed by atoms with E-state index in [1.54, 1.807) is 0 Å². The maximum absolute atomic E-state index is 13.5. The minimum atomic E-state index is 0. The highest BCUT2D eigenvalue weighted by Gasteiger charge is 2.23. The first-order chi connectivity index (χ1) is 16.1. The molecule has 2 aromatic carbocycles. The number of nitrogens with zero attached hydrogens (tertiary/aromatic N) is 3. The van der Waals surface area contributed by atoms with Crippen LogP contribution in [-0.4, -0.2) is 62.0 Å². The first kappa shape index (κ1) is 25.0. The van der Waals surface area contributed by atoms with Gasteiger partial charge in [-0.2, -0.15) is 0 Å². The van der Waals surface area contributed by atoms with Gasteiger partial charge < -0.3 is 14.2 Å². The van der Waals surface area contributed by atoms with Gasteiger partial charge in [-0.3, -0.25) is 14.6 Å². The Kier molecular flexibility index (Phi) is 8.16. The lowest BCUT2D eigenvalue weighted by molar-refractivity contribution is -0.118. The predicted molar refractivity (Wildman–Crippen MR) is 137 cm³/mol. The number of aryl methyl sites for hydroxylation is 1. The molecule has 1 saturated heterocycles. The van der Waals surface area contributed by atoms with Gasteiger partial charge in [-0.1, -0.05) is 29.0 Å². The van der Waals surface area contributed by atoms with E-state index in [-0.39, 0.29) is 31.5 Å². The minimum Gasteiger partial charge on any atom is -0.454 e. The summed E-state index contributed by atoms with van der Waals surface area (Å²) >= 11 is 7.84. The Morgan fingerprint density at radius 1 is 1.18 bits per heavy atom. The first-order valence-electron chi connectivity index (χ1n) is 11.1. The van der Waals surface area contributed by atoms with Gasteiger partial charge in [0.15, 0.2) is 16.6 Å². The van der Waals surface area contributed by atoms with E-state index in [9.17, 15) is 4.79 Å². The van der Waals surface area contributed by atoms with Gasteiger partial charge >= 0.3 is 0 Å². The van der Waals surface area contributed by atoms with Crippen LogP contribution in [0, 0.1) is 6.92 Å². The van der Waals surface area contributed by atoms with Crippen molar-refractivity contribution < 1.29 is 19.0 Å². The molecule has 0 aliphatic carbocycles. The van der Waals surface area contributed by atoms with E-state index < -0.39 is 0 Å². The number of anilines is 1. The van der Waals surface area contributed by atoms with E-state index in [1.807, 2.05) is 42.2 Å².